The molecule has 1 atom stereocenters. The molecule has 2 rings (SSSR count). The Morgan fingerprint density at radius 3 is 2.54 bits per heavy atom. The molecule has 0 saturated heterocycles. The van der Waals surface area contributed by atoms with Gasteiger partial charge in [-0.15, -0.1) is 0 Å². The zero-order valence-electron chi connectivity index (χ0n) is 13.7. The maximum Gasteiger partial charge on any atom is 0.330 e. The Bertz CT molecular complexity index is 748. The van der Waals surface area contributed by atoms with Crippen LogP contribution >= 0.6 is 0 Å². The molecule has 0 aliphatic heterocycles. The number of carbonyl (C=O) groups is 1. The molecule has 5 heteroatoms. The van der Waals surface area contributed by atoms with Crippen molar-refractivity contribution in [2.24, 2.45) is 0 Å². The number of carboxylic acids is 1. The Kier molecular flexibility index (Phi) is 5.80. The average Bonchev–Trinajstić information content (AvgIpc) is 2.59. The van der Waals surface area contributed by atoms with Crippen molar-refractivity contribution in [2.45, 2.75) is 25.8 Å². The lowest BCUT2D eigenvalue weighted by Crippen LogP contribution is -2.20. The third kappa shape index (κ3) is 4.26. The summed E-state index contributed by atoms with van der Waals surface area (Å²) in [6.07, 6.45) is 1.82. The van der Waals surface area contributed by atoms with E-state index in [0.717, 1.165) is 18.4 Å². The van der Waals surface area contributed by atoms with Crippen LogP contribution in [-0.2, 0) is 11.2 Å². The zero-order valence-corrected chi connectivity index (χ0v) is 13.7. The maximum absolute atomic E-state index is 11.7. The van der Waals surface area contributed by atoms with Gasteiger partial charge < -0.3 is 15.2 Å². The number of nitrogens with zero attached hydrogens (tertiary/aromatic N) is 1. The Balaban J connectivity index is 2.34. The number of hydrogen-bond donors (Lipinski definition) is 2. The number of aryl methyl sites for hydroxylation is 1. The van der Waals surface area contributed by atoms with Crippen molar-refractivity contribution < 1.29 is 14.6 Å². The van der Waals surface area contributed by atoms with Gasteiger partial charge in [-0.25, -0.2) is 4.79 Å². The fourth-order valence-corrected chi connectivity index (χ4v) is 2.50. The van der Waals surface area contributed by atoms with E-state index in [9.17, 15) is 9.90 Å². The van der Waals surface area contributed by atoms with Gasteiger partial charge >= 0.3 is 5.97 Å². The summed E-state index contributed by atoms with van der Waals surface area (Å²) in [5.74, 6) is -0.334. The van der Waals surface area contributed by atoms with Crippen LogP contribution in [0.5, 0.6) is 5.75 Å². The van der Waals surface area contributed by atoms with E-state index < -0.39 is 12.0 Å². The molecule has 0 spiro atoms. The number of aliphatic carboxylic acids is 1. The largest absolute Gasteiger partial charge is 0.497 e. The molecular formula is C19H20N2O3. The molecule has 0 amide bonds. The van der Waals surface area contributed by atoms with Crippen molar-refractivity contribution in [1.29, 1.82) is 5.26 Å². The van der Waals surface area contributed by atoms with E-state index in [1.165, 1.54) is 0 Å². The fourth-order valence-electron chi connectivity index (χ4n) is 2.50. The first-order valence-corrected chi connectivity index (χ1v) is 7.74. The molecule has 5 nitrogen and oxygen atoms in total. The van der Waals surface area contributed by atoms with E-state index in [-0.39, 0.29) is 0 Å². The van der Waals surface area contributed by atoms with E-state index in [4.69, 9.17) is 10.00 Å². The Morgan fingerprint density at radius 1 is 1.29 bits per heavy atom. The van der Waals surface area contributed by atoms with Gasteiger partial charge in [0.2, 0.25) is 0 Å². The van der Waals surface area contributed by atoms with Crippen molar-refractivity contribution in [1.82, 2.24) is 0 Å². The zero-order chi connectivity index (χ0) is 17.5. The lowest BCUT2D eigenvalue weighted by molar-refractivity contribution is -0.138. The molecule has 0 heterocycles. The highest BCUT2D eigenvalue weighted by molar-refractivity contribution is 5.79. The van der Waals surface area contributed by atoms with Gasteiger partial charge in [-0.05, 0) is 53.9 Å². The van der Waals surface area contributed by atoms with Crippen LogP contribution in [-0.4, -0.2) is 18.2 Å². The summed E-state index contributed by atoms with van der Waals surface area (Å²) in [6.45, 7) is 2.07. The van der Waals surface area contributed by atoms with Gasteiger partial charge in [0.1, 0.15) is 5.75 Å². The molecule has 0 saturated carbocycles. The van der Waals surface area contributed by atoms with Gasteiger partial charge in [-0.2, -0.15) is 5.26 Å². The molecule has 24 heavy (non-hydrogen) atoms. The molecular weight excluding hydrogens is 304 g/mol. The number of carboxylic acid groups (broad SMARTS) is 1. The molecule has 0 radical (unpaired) electrons. The summed E-state index contributed by atoms with van der Waals surface area (Å²) in [6, 6.07) is 13.4. The number of benzene rings is 2. The molecule has 0 aromatic heterocycles. The highest BCUT2D eigenvalue weighted by Crippen LogP contribution is 2.26. The molecule has 0 aliphatic rings. The summed E-state index contributed by atoms with van der Waals surface area (Å²) in [7, 11) is 1.57. The first-order chi connectivity index (χ1) is 11.6. The number of methoxy groups -OCH3 is 1. The second-order valence-electron chi connectivity index (χ2n) is 5.47. The topological polar surface area (TPSA) is 82.3 Å². The minimum atomic E-state index is -0.977. The maximum atomic E-state index is 11.7. The Hall–Kier alpha value is -3.00. The summed E-state index contributed by atoms with van der Waals surface area (Å²) in [5, 5.41) is 21.5. The van der Waals surface area contributed by atoms with Gasteiger partial charge in [-0.1, -0.05) is 19.4 Å². The minimum absolute atomic E-state index is 0.527. The van der Waals surface area contributed by atoms with Crippen LogP contribution in [0.25, 0.3) is 0 Å². The highest BCUT2D eigenvalue weighted by atomic mass is 16.5. The third-order valence-corrected chi connectivity index (χ3v) is 3.67. The van der Waals surface area contributed by atoms with Crippen LogP contribution in [0.1, 0.15) is 36.1 Å². The number of nitrogens with one attached hydrogen (secondary N) is 1. The lowest BCUT2D eigenvalue weighted by Gasteiger charge is -2.18. The fraction of sp³-hybridized carbons (Fsp3) is 0.263. The van der Waals surface area contributed by atoms with E-state index >= 15 is 0 Å². The van der Waals surface area contributed by atoms with E-state index in [1.54, 1.807) is 37.4 Å². The normalized spacial score (nSPS) is 11.4. The smallest absolute Gasteiger partial charge is 0.330 e. The first-order valence-electron chi connectivity index (χ1n) is 7.74. The summed E-state index contributed by atoms with van der Waals surface area (Å²) in [5.41, 5.74) is 2.84. The predicted octanol–water partition coefficient (Wildman–Crippen LogP) is 3.76. The van der Waals surface area contributed by atoms with Gasteiger partial charge in [0, 0.05) is 5.69 Å². The van der Waals surface area contributed by atoms with Crippen molar-refractivity contribution in [3.63, 3.8) is 0 Å². The van der Waals surface area contributed by atoms with Crippen LogP contribution in [0.2, 0.25) is 0 Å². The quantitative estimate of drug-likeness (QED) is 0.810. The number of hydrogen-bond acceptors (Lipinski definition) is 4. The van der Waals surface area contributed by atoms with Gasteiger partial charge in [0.05, 0.1) is 18.7 Å². The van der Waals surface area contributed by atoms with Crippen molar-refractivity contribution in [3.05, 3.63) is 59.2 Å². The number of anilines is 1. The first kappa shape index (κ1) is 17.4. The van der Waals surface area contributed by atoms with Crippen molar-refractivity contribution in [3.8, 4) is 11.8 Å². The average molecular weight is 324 g/mol. The minimum Gasteiger partial charge on any atom is -0.497 e. The Labute approximate surface area is 141 Å². The van der Waals surface area contributed by atoms with Crippen molar-refractivity contribution in [2.75, 3.05) is 12.4 Å². The van der Waals surface area contributed by atoms with Crippen LogP contribution in [0, 0.1) is 11.3 Å². The number of nitriles is 1. The molecule has 0 fully saturated rings. The standard InChI is InChI=1S/C19H20N2O3/c1-3-4-14-9-15(11-17(10-14)24-2)18(19(22)23)21-16-7-5-13(12-20)6-8-16/h5-11,18,21H,3-4H2,1-2H3,(H,22,23). The van der Waals surface area contributed by atoms with E-state index in [0.29, 0.717) is 22.6 Å². The van der Waals surface area contributed by atoms with E-state index in [1.807, 2.05) is 18.2 Å². The second-order valence-corrected chi connectivity index (χ2v) is 5.47. The summed E-state index contributed by atoms with van der Waals surface area (Å²) >= 11 is 0. The molecule has 0 aliphatic carbocycles. The molecule has 2 N–H and O–H groups in total. The van der Waals surface area contributed by atoms with Gasteiger partial charge in [0.15, 0.2) is 6.04 Å². The van der Waals surface area contributed by atoms with Crippen LogP contribution in [0.3, 0.4) is 0 Å². The summed E-state index contributed by atoms with van der Waals surface area (Å²) in [4.78, 5) is 11.7. The SMILES string of the molecule is CCCc1cc(OC)cc(C(Nc2ccc(C#N)cc2)C(=O)O)c1. The van der Waals surface area contributed by atoms with Gasteiger partial charge in [-0.3, -0.25) is 0 Å². The Morgan fingerprint density at radius 2 is 2.00 bits per heavy atom. The monoisotopic (exact) mass is 324 g/mol. The molecule has 2 aromatic carbocycles. The third-order valence-electron chi connectivity index (χ3n) is 3.67. The molecule has 0 bridgehead atoms. The van der Waals surface area contributed by atoms with Crippen molar-refractivity contribution >= 4 is 11.7 Å². The van der Waals surface area contributed by atoms with Crippen LogP contribution < -0.4 is 10.1 Å². The van der Waals surface area contributed by atoms with Gasteiger partial charge in [0.25, 0.3) is 0 Å². The van der Waals surface area contributed by atoms with Crippen LogP contribution in [0.4, 0.5) is 5.69 Å². The number of ether oxygens (including phenoxy) is 1. The number of rotatable bonds is 7. The highest BCUT2D eigenvalue weighted by Gasteiger charge is 2.21. The van der Waals surface area contributed by atoms with Crippen LogP contribution in [0.15, 0.2) is 42.5 Å². The molecule has 124 valence electrons. The molecule has 1 unspecified atom stereocenters. The molecule has 2 aromatic rings. The predicted molar refractivity (Wildman–Crippen MR) is 92.1 cm³/mol. The van der Waals surface area contributed by atoms with E-state index in [2.05, 4.69) is 12.2 Å². The summed E-state index contributed by atoms with van der Waals surface area (Å²) < 4.78 is 5.30. The lowest BCUT2D eigenvalue weighted by atomic mass is 10.0. The second kappa shape index (κ2) is 8.02.